The van der Waals surface area contributed by atoms with Gasteiger partial charge in [0.2, 0.25) is 0 Å². The van der Waals surface area contributed by atoms with Crippen LogP contribution in [0.3, 0.4) is 0 Å². The summed E-state index contributed by atoms with van der Waals surface area (Å²) >= 11 is 0. The van der Waals surface area contributed by atoms with Crippen LogP contribution in [-0.4, -0.2) is 33.9 Å². The summed E-state index contributed by atoms with van der Waals surface area (Å²) in [5.41, 5.74) is 0.278. The van der Waals surface area contributed by atoms with E-state index in [1.54, 1.807) is 26.4 Å². The molecule has 122 valence electrons. The molecule has 0 aromatic heterocycles. The molecule has 0 radical (unpaired) electrons. The molecule has 0 aliphatic carbocycles. The van der Waals surface area contributed by atoms with Crippen molar-refractivity contribution in [3.63, 3.8) is 0 Å². The monoisotopic (exact) mass is 333 g/mol. The molecule has 2 aromatic carbocycles. The third-order valence-electron chi connectivity index (χ3n) is 3.23. The Morgan fingerprint density at radius 3 is 1.74 bits per heavy atom. The smallest absolute Gasteiger partial charge is 0.132 e. The van der Waals surface area contributed by atoms with E-state index < -0.39 is 0 Å². The molecule has 0 N–H and O–H groups in total. The summed E-state index contributed by atoms with van der Waals surface area (Å²) in [4.78, 5) is 0. The van der Waals surface area contributed by atoms with E-state index in [-0.39, 0.29) is 5.48 Å². The van der Waals surface area contributed by atoms with E-state index in [1.807, 2.05) is 24.3 Å². The quantitative estimate of drug-likeness (QED) is 0.755. The summed E-state index contributed by atoms with van der Waals surface area (Å²) in [6, 6.07) is 10.7. The first-order valence-corrected chi connectivity index (χ1v) is 7.72. The summed E-state index contributed by atoms with van der Waals surface area (Å²) in [6.45, 7) is 0. The molecule has 0 heterocycles. The molecular weight excluding hydrogens is 315 g/mol. The Morgan fingerprint density at radius 1 is 0.783 bits per heavy atom. The van der Waals surface area contributed by atoms with E-state index in [1.165, 1.54) is 14.2 Å². The van der Waals surface area contributed by atoms with Crippen LogP contribution in [0.5, 0.6) is 23.0 Å². The number of ether oxygens (including phenoxy) is 4. The Hall–Kier alpha value is -2.23. The summed E-state index contributed by atoms with van der Waals surface area (Å²) in [6.07, 6.45) is 0. The fraction of sp³-hybridized carbons (Fsp3) is 0.235. The minimum Gasteiger partial charge on any atom is -0.823 e. The third-order valence-corrected chi connectivity index (χ3v) is 4.22. The second-order valence-electron chi connectivity index (χ2n) is 4.52. The van der Waals surface area contributed by atoms with Gasteiger partial charge in [-0.05, 0) is 24.3 Å². The fourth-order valence-electron chi connectivity index (χ4n) is 2.05. The van der Waals surface area contributed by atoms with Crippen LogP contribution < -0.4 is 29.4 Å². The molecule has 0 saturated carbocycles. The predicted octanol–water partition coefficient (Wildman–Crippen LogP) is 1.83. The maximum Gasteiger partial charge on any atom is 0.132 e. The van der Waals surface area contributed by atoms with Gasteiger partial charge >= 0.3 is 0 Å². The highest BCUT2D eigenvalue weighted by atomic mass is 31.1. The van der Waals surface area contributed by atoms with Gasteiger partial charge in [-0.2, -0.15) is 0 Å². The van der Waals surface area contributed by atoms with Crippen molar-refractivity contribution in [3.05, 3.63) is 42.0 Å². The minimum absolute atomic E-state index is 0.119. The molecule has 2 rings (SSSR count). The predicted molar refractivity (Wildman–Crippen MR) is 89.8 cm³/mol. The third kappa shape index (κ3) is 3.95. The first-order valence-electron chi connectivity index (χ1n) is 6.83. The molecule has 0 saturated heterocycles. The van der Waals surface area contributed by atoms with Gasteiger partial charge in [-0.15, -0.1) is 0 Å². The van der Waals surface area contributed by atoms with Crippen LogP contribution in [0.25, 0.3) is 0 Å². The normalized spacial score (nSPS) is 11.1. The lowest BCUT2D eigenvalue weighted by molar-refractivity contribution is -0.207. The van der Waals surface area contributed by atoms with Gasteiger partial charge in [0, 0.05) is 17.4 Å². The van der Waals surface area contributed by atoms with Gasteiger partial charge in [0.15, 0.2) is 0 Å². The summed E-state index contributed by atoms with van der Waals surface area (Å²) < 4.78 is 20.9. The minimum atomic E-state index is -0.119. The largest absolute Gasteiger partial charge is 0.823 e. The Labute approximate surface area is 137 Å². The van der Waals surface area contributed by atoms with Crippen LogP contribution in [0.15, 0.2) is 36.4 Å². The van der Waals surface area contributed by atoms with Crippen LogP contribution in [-0.2, 0) is 0 Å². The first-order chi connectivity index (χ1) is 11.1. The molecule has 0 spiro atoms. The van der Waals surface area contributed by atoms with Crippen LogP contribution in [0, 0.1) is 0 Å². The highest BCUT2D eigenvalue weighted by Crippen LogP contribution is 2.34. The Balaban J connectivity index is 2.47. The average Bonchev–Trinajstić information content (AvgIpc) is 2.60. The highest BCUT2D eigenvalue weighted by Gasteiger charge is 2.12. The lowest BCUT2D eigenvalue weighted by Gasteiger charge is -2.20. The number of methoxy groups -OCH3 is 4. The van der Waals surface area contributed by atoms with Crippen LogP contribution in [0.4, 0.5) is 0 Å². The van der Waals surface area contributed by atoms with Crippen molar-refractivity contribution in [2.75, 3.05) is 28.4 Å². The number of hydrogen-bond acceptors (Lipinski definition) is 5. The van der Waals surface area contributed by atoms with Gasteiger partial charge in [0.25, 0.3) is 0 Å². The van der Waals surface area contributed by atoms with Gasteiger partial charge in [-0.1, -0.05) is 13.7 Å². The number of hydrogen-bond donors (Lipinski definition) is 0. The average molecular weight is 333 g/mol. The Kier molecular flexibility index (Phi) is 5.85. The van der Waals surface area contributed by atoms with Gasteiger partial charge in [-0.3, -0.25) is 0 Å². The molecule has 6 heteroatoms. The zero-order valence-electron chi connectivity index (χ0n) is 13.5. The van der Waals surface area contributed by atoms with E-state index in [4.69, 9.17) is 18.9 Å². The molecule has 0 aliphatic rings. The lowest BCUT2D eigenvalue weighted by atomic mass is 10.1. The lowest BCUT2D eigenvalue weighted by Crippen LogP contribution is -2.19. The standard InChI is InChI=1S/C17H19O5P/c1-19-11-5-7-13(8-6-11)23-17(18)16-14(21-3)9-12(20-2)10-15(16)22-4/h5-10,18H,1-4H3/p-1. The van der Waals surface area contributed by atoms with E-state index in [9.17, 15) is 5.11 Å². The van der Waals surface area contributed by atoms with Gasteiger partial charge in [0.05, 0.1) is 34.0 Å². The van der Waals surface area contributed by atoms with E-state index >= 15 is 0 Å². The second kappa shape index (κ2) is 7.86. The van der Waals surface area contributed by atoms with E-state index in [2.05, 4.69) is 0 Å². The van der Waals surface area contributed by atoms with E-state index in [0.717, 1.165) is 11.1 Å². The number of benzene rings is 2. The fourth-order valence-corrected chi connectivity index (χ4v) is 2.91. The molecule has 0 amide bonds. The van der Waals surface area contributed by atoms with Crippen LogP contribution >= 0.6 is 8.20 Å². The maximum absolute atomic E-state index is 12.7. The number of rotatable bonds is 6. The van der Waals surface area contributed by atoms with Crippen molar-refractivity contribution >= 4 is 19.0 Å². The summed E-state index contributed by atoms with van der Waals surface area (Å²) in [5, 5.41) is 13.5. The summed E-state index contributed by atoms with van der Waals surface area (Å²) in [7, 11) is 6.69. The van der Waals surface area contributed by atoms with Crippen molar-refractivity contribution in [1.29, 1.82) is 0 Å². The summed E-state index contributed by atoms with van der Waals surface area (Å²) in [5.74, 6) is 2.16. The van der Waals surface area contributed by atoms with Crippen LogP contribution in [0.2, 0.25) is 0 Å². The second-order valence-corrected chi connectivity index (χ2v) is 5.67. The first kappa shape index (κ1) is 17.1. The van der Waals surface area contributed by atoms with Gasteiger partial charge in [0.1, 0.15) is 23.0 Å². The molecule has 5 nitrogen and oxygen atoms in total. The molecule has 0 fully saturated rings. The van der Waals surface area contributed by atoms with Gasteiger partial charge in [-0.25, -0.2) is 0 Å². The highest BCUT2D eigenvalue weighted by molar-refractivity contribution is 7.49. The molecule has 0 bridgehead atoms. The molecular formula is C17H18O5P-. The van der Waals surface area contributed by atoms with Crippen molar-refractivity contribution in [3.8, 4) is 23.0 Å². The zero-order valence-corrected chi connectivity index (χ0v) is 14.3. The zero-order chi connectivity index (χ0) is 16.8. The van der Waals surface area contributed by atoms with Gasteiger partial charge < -0.3 is 24.1 Å². The SMILES string of the molecule is COc1ccc(P=C([O-])c2c(OC)cc(OC)cc2OC)cc1. The topological polar surface area (TPSA) is 60.0 Å². The molecule has 0 atom stereocenters. The van der Waals surface area contributed by atoms with Crippen molar-refractivity contribution in [2.24, 2.45) is 0 Å². The van der Waals surface area contributed by atoms with Crippen molar-refractivity contribution in [1.82, 2.24) is 0 Å². The molecule has 23 heavy (non-hydrogen) atoms. The Morgan fingerprint density at radius 2 is 1.30 bits per heavy atom. The molecule has 0 unspecified atom stereocenters. The van der Waals surface area contributed by atoms with E-state index in [0.29, 0.717) is 31.0 Å². The van der Waals surface area contributed by atoms with Crippen molar-refractivity contribution < 1.29 is 24.1 Å². The molecule has 0 aliphatic heterocycles. The maximum atomic E-state index is 12.7. The van der Waals surface area contributed by atoms with Crippen LogP contribution in [0.1, 0.15) is 5.56 Å². The molecule has 2 aromatic rings. The van der Waals surface area contributed by atoms with Crippen molar-refractivity contribution in [2.45, 2.75) is 0 Å². The Bertz CT molecular complexity index is 670.